The zero-order chi connectivity index (χ0) is 67.5. The molecule has 11 rings (SSSR count). The van der Waals surface area contributed by atoms with Gasteiger partial charge in [0.25, 0.3) is 0 Å². The molecule has 2 nitrogen and oxygen atoms in total. The molecule has 0 fully saturated rings. The van der Waals surface area contributed by atoms with E-state index in [1.165, 1.54) is 0 Å². The summed E-state index contributed by atoms with van der Waals surface area (Å²) in [5, 5.41) is -5.59. The van der Waals surface area contributed by atoms with E-state index in [1.54, 1.807) is 0 Å². The third-order valence-corrected chi connectivity index (χ3v) is 8.63. The maximum Gasteiger partial charge on any atom is 0.143 e. The molecule has 2 heteroatoms. The highest BCUT2D eigenvalue weighted by Gasteiger charge is 2.19. The first-order valence-corrected chi connectivity index (χ1v) is 16.3. The van der Waals surface area contributed by atoms with Crippen LogP contribution in [0.3, 0.4) is 0 Å². The Morgan fingerprint density at radius 2 is 0.804 bits per heavy atom. The second-order valence-corrected chi connectivity index (χ2v) is 11.8. The lowest BCUT2D eigenvalue weighted by atomic mass is 9.93. The second-order valence-electron chi connectivity index (χ2n) is 11.8. The first-order chi connectivity index (χ1) is 42.4. The topological polar surface area (TPSA) is 16.4 Å². The van der Waals surface area contributed by atoms with E-state index < -0.39 is 316 Å². The minimum Gasteiger partial charge on any atom is -0.455 e. The summed E-state index contributed by atoms with van der Waals surface area (Å²) in [6.07, 6.45) is 0. The zero-order valence-electron chi connectivity index (χ0n) is 62.9. The van der Waals surface area contributed by atoms with E-state index in [4.69, 9.17) is 34.6 Å². The van der Waals surface area contributed by atoms with E-state index in [0.717, 1.165) is 0 Å². The Kier molecular flexibility index (Phi) is 2.95. The summed E-state index contributed by atoms with van der Waals surface area (Å²) in [4.78, 5) is 0.286. The van der Waals surface area contributed by atoms with Gasteiger partial charge in [0.1, 0.15) is 11.2 Å². The number of rotatable bonds is 6. The molecule has 0 saturated carbocycles. The van der Waals surface area contributed by atoms with Gasteiger partial charge in [-0.15, -0.1) is 0 Å². The summed E-state index contributed by atoms with van der Waals surface area (Å²) in [5.41, 5.74) is -10.6. The summed E-state index contributed by atoms with van der Waals surface area (Å²) in [6, 6.07) is -37.2. The maximum absolute atomic E-state index is 10.2. The Morgan fingerprint density at radius 1 is 0.321 bits per heavy atom. The second kappa shape index (κ2) is 13.2. The molecule has 56 heavy (non-hydrogen) atoms. The lowest BCUT2D eigenvalue weighted by Crippen LogP contribution is -2.09. The van der Waals surface area contributed by atoms with Gasteiger partial charge in [0.2, 0.25) is 0 Å². The minimum absolute atomic E-state index is 0.286. The van der Waals surface area contributed by atoms with Gasteiger partial charge in [0.05, 0.1) is 48.0 Å². The molecule has 0 radical (unpaired) electrons. The van der Waals surface area contributed by atoms with Crippen molar-refractivity contribution in [2.75, 3.05) is 4.90 Å². The minimum atomic E-state index is -1.37. The highest BCUT2D eigenvalue weighted by atomic mass is 16.3. The molecule has 11 aromatic rings. The van der Waals surface area contributed by atoms with Crippen LogP contribution in [0.4, 0.5) is 17.1 Å². The van der Waals surface area contributed by atoms with Crippen molar-refractivity contribution in [1.29, 1.82) is 0 Å². The van der Waals surface area contributed by atoms with E-state index >= 15 is 0 Å². The van der Waals surface area contributed by atoms with Gasteiger partial charge in [0.15, 0.2) is 0 Å². The third-order valence-electron chi connectivity index (χ3n) is 8.63. The van der Waals surface area contributed by atoms with Gasteiger partial charge in [-0.05, 0) is 115 Å². The van der Waals surface area contributed by atoms with Gasteiger partial charge in [0, 0.05) is 33.2 Å². The van der Waals surface area contributed by atoms with Gasteiger partial charge < -0.3 is 9.32 Å². The molecular weight excluding hydrogens is 679 g/mol. The molecule has 0 aliphatic carbocycles. The average molecular weight is 749 g/mol. The first kappa shape index (κ1) is 12.6. The summed E-state index contributed by atoms with van der Waals surface area (Å²) in [5.74, 6) is 0. The maximum atomic E-state index is 10.2. The fourth-order valence-electron chi connectivity index (χ4n) is 6.18. The fraction of sp³-hybridized carbons (Fsp3) is 0. The van der Waals surface area contributed by atoms with Gasteiger partial charge in [-0.2, -0.15) is 0 Å². The van der Waals surface area contributed by atoms with E-state index in [1.807, 2.05) is 0 Å². The van der Waals surface area contributed by atoms with Crippen LogP contribution in [0.15, 0.2) is 216 Å². The molecule has 0 atom stereocenters. The first-order valence-electron chi connectivity index (χ1n) is 33.8. The molecule has 0 spiro atoms. The van der Waals surface area contributed by atoms with Crippen LogP contribution in [0, 0.1) is 0 Å². The van der Waals surface area contributed by atoms with Crippen LogP contribution in [-0.4, -0.2) is 0 Å². The Hall–Kier alpha value is -7.42. The molecule has 0 N–H and O–H groups in total. The van der Waals surface area contributed by atoms with E-state index in [9.17, 15) is 17.8 Å². The van der Waals surface area contributed by atoms with Gasteiger partial charge in [-0.1, -0.05) is 157 Å². The van der Waals surface area contributed by atoms with Crippen molar-refractivity contribution < 1.29 is 52.4 Å². The van der Waals surface area contributed by atoms with Crippen molar-refractivity contribution in [3.05, 3.63) is 211 Å². The quantitative estimate of drug-likeness (QED) is 0.157. The molecule has 0 saturated heterocycles. The van der Waals surface area contributed by atoms with E-state index in [0.29, 0.717) is 0 Å². The summed E-state index contributed by atoms with van der Waals surface area (Å²) in [6.45, 7) is 0. The van der Waals surface area contributed by atoms with E-state index in [2.05, 4.69) is 0 Å². The Balaban J connectivity index is 1.37. The Bertz CT molecular complexity index is 5190. The van der Waals surface area contributed by atoms with Gasteiger partial charge >= 0.3 is 0 Å². The summed E-state index contributed by atoms with van der Waals surface area (Å²) < 4.78 is 324. The number of fused-ring (bicyclic) bond motifs is 8. The molecule has 0 aliphatic rings. The van der Waals surface area contributed by atoms with Crippen molar-refractivity contribution in [3.63, 3.8) is 0 Å². The SMILES string of the molecule is [2H]c1c([2H])c([2H])c(-c2c([2H])c([2H])c(N(c3c([2H])c([2H])c(-c4c([2H])c5c([2H])c([2H])c([2H])c([2H])c5c5c([2H])c([2H])c([2H])c([2H])c45)c([2H])c3[2H])c3c([2H])c([2H])c4oc5c6c([2H])c([2H])c([2H])c([2H])c6c(-c6c([2H])c([2H])c([2H])c([2H])c6[2H])c([2H])c5c4c3[2H])c([2H])c2[2H])c([2H])c1[2H]. The number of benzene rings is 10. The highest BCUT2D eigenvalue weighted by molar-refractivity contribution is 6.20. The van der Waals surface area contributed by atoms with Crippen molar-refractivity contribution >= 4 is 71.3 Å². The van der Waals surface area contributed by atoms with Crippen LogP contribution in [0.25, 0.3) is 87.6 Å². The van der Waals surface area contributed by atoms with Crippen LogP contribution in [0.2, 0.25) is 0 Å². The van der Waals surface area contributed by atoms with Crippen molar-refractivity contribution in [2.45, 2.75) is 0 Å². The molecule has 0 amide bonds. The third kappa shape index (κ3) is 5.34. The Labute approximate surface area is 374 Å². The van der Waals surface area contributed by atoms with Crippen molar-refractivity contribution in [3.8, 4) is 33.4 Å². The lowest BCUT2D eigenvalue weighted by Gasteiger charge is -2.26. The van der Waals surface area contributed by atoms with Crippen LogP contribution in [0.5, 0.6) is 0 Å². The largest absolute Gasteiger partial charge is 0.455 e. The number of nitrogens with zero attached hydrogens (tertiary/aromatic N) is 1. The van der Waals surface area contributed by atoms with Crippen LogP contribution >= 0.6 is 0 Å². The normalized spacial score (nSPS) is 20.3. The summed E-state index contributed by atoms with van der Waals surface area (Å²) in [7, 11) is 0. The van der Waals surface area contributed by atoms with Gasteiger partial charge in [-0.25, -0.2) is 0 Å². The number of hydrogen-bond acceptors (Lipinski definition) is 2. The van der Waals surface area contributed by atoms with Crippen LogP contribution in [0.1, 0.15) is 48.0 Å². The molecule has 1 heterocycles. The number of anilines is 3. The molecule has 0 unspecified atom stereocenters. The van der Waals surface area contributed by atoms with Gasteiger partial charge in [-0.3, -0.25) is 0 Å². The Morgan fingerprint density at radius 3 is 1.50 bits per heavy atom. The summed E-state index contributed by atoms with van der Waals surface area (Å²) >= 11 is 0. The fourth-order valence-corrected chi connectivity index (χ4v) is 6.18. The van der Waals surface area contributed by atoms with Crippen molar-refractivity contribution in [2.24, 2.45) is 0 Å². The average Bonchev–Trinajstić information content (AvgIpc) is 1.69. The number of hydrogen-bond donors (Lipinski definition) is 0. The highest BCUT2D eigenvalue weighted by Crippen LogP contribution is 2.44. The van der Waals surface area contributed by atoms with Crippen molar-refractivity contribution in [1.82, 2.24) is 0 Å². The molecular formula is C54H35NO. The predicted molar refractivity (Wildman–Crippen MR) is 237 cm³/mol. The monoisotopic (exact) mass is 748 g/mol. The standard InChI is InChI=1S/C54H35NO/c1-3-13-36(14-4-1)37-23-27-41(28-24-37)55(42-29-25-39(26-30-42)49-33-40-17-7-8-18-44(40)45-19-9-10-20-46(45)49)43-31-32-53-51(34-43)52-35-50(38-15-5-2-6-16-38)47-21-11-12-22-48(47)54(52)56-53/h1-35H/i1D,2D,3D,4D,5D,6D,7D,8D,9D,10D,11D,12D,13D,14D,15D,16D,17D,18D,19D,20D,21D,22D,23D,24D,25D,26D,27D,28D,29D,30D,31D,32D,33D,34D,35D. The zero-order valence-corrected chi connectivity index (χ0v) is 27.9. The molecule has 0 bridgehead atoms. The van der Waals surface area contributed by atoms with E-state index in [-0.39, 0.29) is 4.90 Å². The smallest absolute Gasteiger partial charge is 0.143 e. The van der Waals surface area contributed by atoms with Crippen LogP contribution in [-0.2, 0) is 0 Å². The predicted octanol–water partition coefficient (Wildman–Crippen LogP) is 15.5. The number of furan rings is 1. The molecule has 10 aromatic carbocycles. The molecule has 262 valence electrons. The molecule has 0 aliphatic heterocycles. The molecule has 1 aromatic heterocycles. The lowest BCUT2D eigenvalue weighted by molar-refractivity contribution is 0.672. The van der Waals surface area contributed by atoms with Crippen LogP contribution < -0.4 is 4.90 Å².